The third kappa shape index (κ3) is 3.93. The number of aryl methyl sites for hydroxylation is 1. The molecule has 0 spiro atoms. The third-order valence-electron chi connectivity index (χ3n) is 2.96. The van der Waals surface area contributed by atoms with E-state index in [0.717, 1.165) is 9.88 Å². The Morgan fingerprint density at radius 1 is 1.55 bits per heavy atom. The van der Waals surface area contributed by atoms with E-state index in [0.29, 0.717) is 5.56 Å². The van der Waals surface area contributed by atoms with Crippen molar-refractivity contribution in [2.45, 2.75) is 19.9 Å². The molecule has 1 amide bonds. The second-order valence-electron chi connectivity index (χ2n) is 4.74. The Kier molecular flexibility index (Phi) is 4.92. The molecule has 0 fully saturated rings. The van der Waals surface area contributed by atoms with E-state index < -0.39 is 5.91 Å². The van der Waals surface area contributed by atoms with Gasteiger partial charge in [-0.3, -0.25) is 4.79 Å². The summed E-state index contributed by atoms with van der Waals surface area (Å²) >= 11 is 1.50. The number of aromatic nitrogens is 1. The molecule has 0 aliphatic heterocycles. The minimum atomic E-state index is -0.454. The standard InChI is InChI=1S/C16H15N3O2S/c1-10(15-9-18-11(2)22-15)19-16(21)13(8-17)6-12-4-3-5-14(20)7-12/h3-7,9-10,20H,1-2H3,(H,19,21)/b13-6+. The van der Waals surface area contributed by atoms with Crippen molar-refractivity contribution in [2.24, 2.45) is 0 Å². The van der Waals surface area contributed by atoms with Gasteiger partial charge in [-0.2, -0.15) is 5.26 Å². The molecule has 5 nitrogen and oxygen atoms in total. The maximum Gasteiger partial charge on any atom is 0.262 e. The van der Waals surface area contributed by atoms with E-state index in [1.807, 2.05) is 19.9 Å². The monoisotopic (exact) mass is 313 g/mol. The number of thiazole rings is 1. The number of carbonyl (C=O) groups is 1. The number of amides is 1. The number of carbonyl (C=O) groups excluding carboxylic acids is 1. The highest BCUT2D eigenvalue weighted by atomic mass is 32.1. The quantitative estimate of drug-likeness (QED) is 0.671. The minimum absolute atomic E-state index is 0.0151. The fraction of sp³-hybridized carbons (Fsp3) is 0.188. The molecule has 0 radical (unpaired) electrons. The minimum Gasteiger partial charge on any atom is -0.508 e. The van der Waals surface area contributed by atoms with Crippen LogP contribution in [0.25, 0.3) is 6.08 Å². The highest BCUT2D eigenvalue weighted by molar-refractivity contribution is 7.11. The summed E-state index contributed by atoms with van der Waals surface area (Å²) < 4.78 is 0. The van der Waals surface area contributed by atoms with Crippen LogP contribution in [0.5, 0.6) is 5.75 Å². The normalized spacial score (nSPS) is 12.5. The molecular weight excluding hydrogens is 298 g/mol. The van der Waals surface area contributed by atoms with Crippen LogP contribution in [0.3, 0.4) is 0 Å². The zero-order valence-corrected chi connectivity index (χ0v) is 13.0. The Balaban J connectivity index is 2.14. The summed E-state index contributed by atoms with van der Waals surface area (Å²) in [7, 11) is 0. The third-order valence-corrected chi connectivity index (χ3v) is 4.06. The molecule has 0 saturated heterocycles. The second-order valence-corrected chi connectivity index (χ2v) is 6.01. The number of nitriles is 1. The van der Waals surface area contributed by atoms with Crippen molar-refractivity contribution in [3.05, 3.63) is 51.5 Å². The molecule has 1 aromatic heterocycles. The lowest BCUT2D eigenvalue weighted by molar-refractivity contribution is -0.117. The van der Waals surface area contributed by atoms with Gasteiger partial charge >= 0.3 is 0 Å². The average molecular weight is 313 g/mol. The van der Waals surface area contributed by atoms with Crippen molar-refractivity contribution >= 4 is 23.3 Å². The molecule has 2 aromatic rings. The number of nitrogens with one attached hydrogen (secondary N) is 1. The molecule has 112 valence electrons. The van der Waals surface area contributed by atoms with Crippen molar-refractivity contribution < 1.29 is 9.90 Å². The van der Waals surface area contributed by atoms with Crippen molar-refractivity contribution in [3.8, 4) is 11.8 Å². The van der Waals surface area contributed by atoms with Gasteiger partial charge in [-0.15, -0.1) is 11.3 Å². The summed E-state index contributed by atoms with van der Waals surface area (Å²) in [6.07, 6.45) is 3.16. The lowest BCUT2D eigenvalue weighted by Gasteiger charge is -2.11. The lowest BCUT2D eigenvalue weighted by atomic mass is 10.1. The van der Waals surface area contributed by atoms with Crippen LogP contribution in [0, 0.1) is 18.3 Å². The van der Waals surface area contributed by atoms with E-state index in [9.17, 15) is 9.90 Å². The molecular formula is C16H15N3O2S. The van der Waals surface area contributed by atoms with E-state index in [2.05, 4.69) is 10.3 Å². The molecule has 0 bridgehead atoms. The Morgan fingerprint density at radius 3 is 2.91 bits per heavy atom. The molecule has 1 heterocycles. The highest BCUT2D eigenvalue weighted by Gasteiger charge is 2.15. The number of phenolic OH excluding ortho intramolecular Hbond substituents is 1. The number of hydrogen-bond acceptors (Lipinski definition) is 5. The molecule has 22 heavy (non-hydrogen) atoms. The summed E-state index contributed by atoms with van der Waals surface area (Å²) in [5, 5.41) is 22.3. The number of phenols is 1. The summed E-state index contributed by atoms with van der Waals surface area (Å²) in [5.74, 6) is -0.371. The van der Waals surface area contributed by atoms with Crippen LogP contribution in [0.4, 0.5) is 0 Å². The Morgan fingerprint density at radius 2 is 2.32 bits per heavy atom. The van der Waals surface area contributed by atoms with Crippen LogP contribution >= 0.6 is 11.3 Å². The molecule has 0 saturated carbocycles. The SMILES string of the molecule is Cc1ncc(C(C)NC(=O)/C(C#N)=C/c2cccc(O)c2)s1. The average Bonchev–Trinajstić information content (AvgIpc) is 2.91. The van der Waals surface area contributed by atoms with Gasteiger partial charge in [0, 0.05) is 11.1 Å². The molecule has 6 heteroatoms. The fourth-order valence-corrected chi connectivity index (χ4v) is 2.64. The molecule has 0 aliphatic rings. The molecule has 1 unspecified atom stereocenters. The van der Waals surface area contributed by atoms with Gasteiger partial charge in [0.15, 0.2) is 0 Å². The van der Waals surface area contributed by atoms with Gasteiger partial charge in [0.1, 0.15) is 17.4 Å². The maximum absolute atomic E-state index is 12.2. The molecule has 2 rings (SSSR count). The van der Waals surface area contributed by atoms with Crippen LogP contribution < -0.4 is 5.32 Å². The molecule has 1 aromatic carbocycles. The lowest BCUT2D eigenvalue weighted by Crippen LogP contribution is -2.27. The summed E-state index contributed by atoms with van der Waals surface area (Å²) in [6, 6.07) is 8.03. The van der Waals surface area contributed by atoms with Crippen molar-refractivity contribution in [1.82, 2.24) is 10.3 Å². The number of hydrogen-bond donors (Lipinski definition) is 2. The first-order valence-electron chi connectivity index (χ1n) is 6.63. The van der Waals surface area contributed by atoms with E-state index in [-0.39, 0.29) is 17.4 Å². The second kappa shape index (κ2) is 6.87. The predicted molar refractivity (Wildman–Crippen MR) is 85.1 cm³/mol. The van der Waals surface area contributed by atoms with Crippen LogP contribution in [0.1, 0.15) is 28.4 Å². The van der Waals surface area contributed by atoms with Gasteiger partial charge in [-0.25, -0.2) is 4.98 Å². The molecule has 2 N–H and O–H groups in total. The van der Waals surface area contributed by atoms with Crippen LogP contribution in [0.15, 0.2) is 36.0 Å². The van der Waals surface area contributed by atoms with Crippen LogP contribution in [-0.2, 0) is 4.79 Å². The zero-order valence-electron chi connectivity index (χ0n) is 12.2. The molecule has 1 atom stereocenters. The van der Waals surface area contributed by atoms with Crippen molar-refractivity contribution in [1.29, 1.82) is 5.26 Å². The summed E-state index contributed by atoms with van der Waals surface area (Å²) in [4.78, 5) is 17.3. The topological polar surface area (TPSA) is 86.0 Å². The fourth-order valence-electron chi connectivity index (χ4n) is 1.85. The van der Waals surface area contributed by atoms with E-state index >= 15 is 0 Å². The number of nitrogens with zero attached hydrogens (tertiary/aromatic N) is 2. The van der Waals surface area contributed by atoms with Crippen molar-refractivity contribution in [2.75, 3.05) is 0 Å². The van der Waals surface area contributed by atoms with Gasteiger partial charge < -0.3 is 10.4 Å². The Labute approximate surface area is 132 Å². The number of aromatic hydroxyl groups is 1. The van der Waals surface area contributed by atoms with Gasteiger partial charge in [-0.05, 0) is 37.6 Å². The van der Waals surface area contributed by atoms with Gasteiger partial charge in [0.2, 0.25) is 0 Å². The Hall–Kier alpha value is -2.65. The van der Waals surface area contributed by atoms with Gasteiger partial charge in [-0.1, -0.05) is 12.1 Å². The molecule has 0 aliphatic carbocycles. The largest absolute Gasteiger partial charge is 0.508 e. The van der Waals surface area contributed by atoms with Crippen molar-refractivity contribution in [3.63, 3.8) is 0 Å². The predicted octanol–water partition coefficient (Wildman–Crippen LogP) is 2.94. The van der Waals surface area contributed by atoms with E-state index in [4.69, 9.17) is 5.26 Å². The van der Waals surface area contributed by atoms with E-state index in [1.165, 1.54) is 29.5 Å². The number of rotatable bonds is 4. The first-order valence-corrected chi connectivity index (χ1v) is 7.45. The van der Waals surface area contributed by atoms with E-state index in [1.54, 1.807) is 18.3 Å². The maximum atomic E-state index is 12.2. The number of benzene rings is 1. The zero-order chi connectivity index (χ0) is 16.1. The first kappa shape index (κ1) is 15.7. The van der Waals surface area contributed by atoms with Crippen LogP contribution in [0.2, 0.25) is 0 Å². The first-order chi connectivity index (χ1) is 10.5. The Bertz CT molecular complexity index is 759. The summed E-state index contributed by atoms with van der Waals surface area (Å²) in [5.41, 5.74) is 0.576. The van der Waals surface area contributed by atoms with Crippen LogP contribution in [-0.4, -0.2) is 16.0 Å². The smallest absolute Gasteiger partial charge is 0.262 e. The van der Waals surface area contributed by atoms with Gasteiger partial charge in [0.25, 0.3) is 5.91 Å². The summed E-state index contributed by atoms with van der Waals surface area (Å²) in [6.45, 7) is 3.74. The highest BCUT2D eigenvalue weighted by Crippen LogP contribution is 2.20. The van der Waals surface area contributed by atoms with Gasteiger partial charge in [0.05, 0.1) is 11.0 Å².